The van der Waals surface area contributed by atoms with Crippen molar-refractivity contribution in [3.05, 3.63) is 58.3 Å². The van der Waals surface area contributed by atoms with Crippen molar-refractivity contribution < 1.29 is 14.6 Å². The molecule has 0 amide bonds. The molecular formula is C30H42N6O4. The van der Waals surface area contributed by atoms with Gasteiger partial charge in [-0.15, -0.1) is 0 Å². The summed E-state index contributed by atoms with van der Waals surface area (Å²) in [5.74, 6) is 0.644. The van der Waals surface area contributed by atoms with Crippen molar-refractivity contribution >= 4 is 17.7 Å². The van der Waals surface area contributed by atoms with Crippen LogP contribution in [0, 0.1) is 0 Å². The molecule has 10 heteroatoms. The number of aromatic nitrogens is 4. The number of ether oxygens (including phenoxy) is 1. The number of hydrogen-bond acceptors (Lipinski definition) is 8. The molecule has 0 bridgehead atoms. The van der Waals surface area contributed by atoms with Crippen LogP contribution < -0.4 is 20.5 Å². The summed E-state index contributed by atoms with van der Waals surface area (Å²) in [4.78, 5) is 41.2. The molecule has 1 atom stereocenters. The second-order valence-electron chi connectivity index (χ2n) is 9.72. The first-order chi connectivity index (χ1) is 19.3. The largest absolute Gasteiger partial charge is 0.480 e. The molecule has 0 fully saturated rings. The standard InChI is InChI=1S/C30H42N6O4/c1-7-16-36-19-32-27(40-6)25(28(36)37)22-14-12-20(13-15-22)17-24(29(38)39)33-26-23(21(8-2)9-3)18-31-30(34-26)35(10-4)11-5/h12-15,18-19,21,24H,7-11,16-17H2,1-6H3,(H,38,39)(H,31,33,34)/t24-/m0/s1. The van der Waals surface area contributed by atoms with Crippen molar-refractivity contribution in [2.75, 3.05) is 30.4 Å². The van der Waals surface area contributed by atoms with Gasteiger partial charge in [-0.05, 0) is 50.2 Å². The maximum Gasteiger partial charge on any atom is 0.326 e. The molecule has 216 valence electrons. The fraction of sp³-hybridized carbons (Fsp3) is 0.500. The van der Waals surface area contributed by atoms with Crippen LogP contribution in [0.4, 0.5) is 11.8 Å². The first-order valence-electron chi connectivity index (χ1n) is 14.1. The van der Waals surface area contributed by atoms with E-state index in [1.165, 1.54) is 13.4 Å². The van der Waals surface area contributed by atoms with Crippen LogP contribution in [-0.4, -0.2) is 56.8 Å². The summed E-state index contributed by atoms with van der Waals surface area (Å²) in [6.07, 6.45) is 6.16. The summed E-state index contributed by atoms with van der Waals surface area (Å²) < 4.78 is 6.94. The molecule has 0 unspecified atom stereocenters. The summed E-state index contributed by atoms with van der Waals surface area (Å²) in [5.41, 5.74) is 2.61. The van der Waals surface area contributed by atoms with Crippen molar-refractivity contribution in [1.82, 2.24) is 19.5 Å². The van der Waals surface area contributed by atoms with Crippen LogP contribution in [0.2, 0.25) is 0 Å². The molecule has 10 nitrogen and oxygen atoms in total. The van der Waals surface area contributed by atoms with Crippen LogP contribution in [0.5, 0.6) is 5.88 Å². The van der Waals surface area contributed by atoms with E-state index in [1.54, 1.807) is 4.57 Å². The van der Waals surface area contributed by atoms with Gasteiger partial charge in [0.1, 0.15) is 23.8 Å². The molecule has 2 N–H and O–H groups in total. The summed E-state index contributed by atoms with van der Waals surface area (Å²) >= 11 is 0. The molecule has 2 aromatic heterocycles. The molecule has 0 aliphatic carbocycles. The second kappa shape index (κ2) is 14.4. The molecule has 0 radical (unpaired) electrons. The van der Waals surface area contributed by atoms with Crippen LogP contribution >= 0.6 is 0 Å². The van der Waals surface area contributed by atoms with E-state index < -0.39 is 12.0 Å². The number of aryl methyl sites for hydroxylation is 1. The Balaban J connectivity index is 1.93. The van der Waals surface area contributed by atoms with E-state index in [4.69, 9.17) is 9.72 Å². The molecule has 3 rings (SSSR count). The van der Waals surface area contributed by atoms with Gasteiger partial charge in [0.2, 0.25) is 11.8 Å². The number of rotatable bonds is 15. The third-order valence-corrected chi connectivity index (χ3v) is 7.23. The third kappa shape index (κ3) is 6.97. The average molecular weight is 551 g/mol. The van der Waals surface area contributed by atoms with Gasteiger partial charge in [0, 0.05) is 37.8 Å². The molecular weight excluding hydrogens is 508 g/mol. The molecule has 0 aliphatic rings. The van der Waals surface area contributed by atoms with Crippen molar-refractivity contribution in [2.24, 2.45) is 0 Å². The highest BCUT2D eigenvalue weighted by Gasteiger charge is 2.24. The quantitative estimate of drug-likeness (QED) is 0.270. The van der Waals surface area contributed by atoms with E-state index in [1.807, 2.05) is 56.1 Å². The molecule has 0 saturated heterocycles. The smallest absolute Gasteiger partial charge is 0.326 e. The Labute approximate surface area is 236 Å². The minimum Gasteiger partial charge on any atom is -0.480 e. The lowest BCUT2D eigenvalue weighted by Crippen LogP contribution is -2.33. The van der Waals surface area contributed by atoms with E-state index in [-0.39, 0.29) is 23.8 Å². The second-order valence-corrected chi connectivity index (χ2v) is 9.72. The van der Waals surface area contributed by atoms with Crippen LogP contribution in [0.1, 0.15) is 70.9 Å². The first-order valence-corrected chi connectivity index (χ1v) is 14.1. The normalized spacial score (nSPS) is 11.9. The predicted octanol–water partition coefficient (Wildman–Crippen LogP) is 4.98. The van der Waals surface area contributed by atoms with Gasteiger partial charge < -0.3 is 20.1 Å². The molecule has 0 spiro atoms. The Morgan fingerprint density at radius 1 is 1.07 bits per heavy atom. The minimum atomic E-state index is -0.973. The van der Waals surface area contributed by atoms with Crippen LogP contribution in [-0.2, 0) is 17.8 Å². The highest BCUT2D eigenvalue weighted by atomic mass is 16.5. The molecule has 0 saturated carbocycles. The Morgan fingerprint density at radius 2 is 1.75 bits per heavy atom. The van der Waals surface area contributed by atoms with Gasteiger partial charge in [0.15, 0.2) is 0 Å². The summed E-state index contributed by atoms with van der Waals surface area (Å²) in [5, 5.41) is 13.4. The zero-order valence-electron chi connectivity index (χ0n) is 24.5. The molecule has 0 aliphatic heterocycles. The number of aliphatic carboxylic acids is 1. The van der Waals surface area contributed by atoms with Crippen LogP contribution in [0.15, 0.2) is 41.6 Å². The Kier molecular flexibility index (Phi) is 11.0. The van der Waals surface area contributed by atoms with Crippen molar-refractivity contribution in [3.63, 3.8) is 0 Å². The van der Waals surface area contributed by atoms with Crippen LogP contribution in [0.25, 0.3) is 11.1 Å². The topological polar surface area (TPSA) is 122 Å². The number of carboxylic acid groups (broad SMARTS) is 1. The van der Waals surface area contributed by atoms with Crippen molar-refractivity contribution in [2.45, 2.75) is 78.8 Å². The zero-order valence-corrected chi connectivity index (χ0v) is 24.5. The fourth-order valence-corrected chi connectivity index (χ4v) is 4.87. The van der Waals surface area contributed by atoms with Crippen LogP contribution in [0.3, 0.4) is 0 Å². The van der Waals surface area contributed by atoms with Crippen molar-refractivity contribution in [3.8, 4) is 17.0 Å². The Hall–Kier alpha value is -3.95. The molecule has 2 heterocycles. The molecule has 1 aromatic carbocycles. The molecule has 40 heavy (non-hydrogen) atoms. The number of anilines is 2. The number of benzene rings is 1. The van der Waals surface area contributed by atoms with Gasteiger partial charge in [0.25, 0.3) is 5.56 Å². The zero-order chi connectivity index (χ0) is 29.2. The number of carboxylic acids is 1. The number of nitrogens with one attached hydrogen (secondary N) is 1. The Morgan fingerprint density at radius 3 is 2.30 bits per heavy atom. The molecule has 3 aromatic rings. The van der Waals surface area contributed by atoms with Crippen molar-refractivity contribution in [1.29, 1.82) is 0 Å². The predicted molar refractivity (Wildman–Crippen MR) is 158 cm³/mol. The summed E-state index contributed by atoms with van der Waals surface area (Å²) in [6.45, 7) is 12.4. The third-order valence-electron chi connectivity index (χ3n) is 7.23. The monoisotopic (exact) mass is 550 g/mol. The number of methoxy groups -OCH3 is 1. The maximum atomic E-state index is 13.1. The number of hydrogen-bond donors (Lipinski definition) is 2. The lowest BCUT2D eigenvalue weighted by Gasteiger charge is -2.24. The highest BCUT2D eigenvalue weighted by Crippen LogP contribution is 2.30. The minimum absolute atomic E-state index is 0.173. The van der Waals surface area contributed by atoms with E-state index in [0.717, 1.165) is 43.5 Å². The number of nitrogens with zero attached hydrogens (tertiary/aromatic N) is 5. The van der Waals surface area contributed by atoms with E-state index in [2.05, 4.69) is 29.1 Å². The van der Waals surface area contributed by atoms with Gasteiger partial charge in [-0.1, -0.05) is 45.0 Å². The van der Waals surface area contributed by atoms with Gasteiger partial charge >= 0.3 is 5.97 Å². The van der Waals surface area contributed by atoms with Gasteiger partial charge in [-0.3, -0.25) is 9.36 Å². The van der Waals surface area contributed by atoms with Gasteiger partial charge in [-0.2, -0.15) is 4.98 Å². The van der Waals surface area contributed by atoms with E-state index in [0.29, 0.717) is 29.4 Å². The average Bonchev–Trinajstić information content (AvgIpc) is 2.96. The summed E-state index contributed by atoms with van der Waals surface area (Å²) in [6, 6.07) is 6.39. The number of carbonyl (C=O) groups is 1. The van der Waals surface area contributed by atoms with Gasteiger partial charge in [-0.25, -0.2) is 14.8 Å². The lowest BCUT2D eigenvalue weighted by atomic mass is 9.95. The van der Waals surface area contributed by atoms with Gasteiger partial charge in [0.05, 0.1) is 7.11 Å². The maximum absolute atomic E-state index is 13.1. The fourth-order valence-electron chi connectivity index (χ4n) is 4.87. The van der Waals surface area contributed by atoms with E-state index >= 15 is 0 Å². The highest BCUT2D eigenvalue weighted by molar-refractivity contribution is 5.78. The Bertz CT molecular complexity index is 1320. The van der Waals surface area contributed by atoms with E-state index in [9.17, 15) is 14.7 Å². The first kappa shape index (κ1) is 30.6. The lowest BCUT2D eigenvalue weighted by molar-refractivity contribution is -0.137. The summed E-state index contributed by atoms with van der Waals surface area (Å²) in [7, 11) is 1.49. The SMILES string of the molecule is CCCn1cnc(OC)c(-c2ccc(C[C@H](Nc3nc(N(CC)CC)ncc3C(CC)CC)C(=O)O)cc2)c1=O.